The summed E-state index contributed by atoms with van der Waals surface area (Å²) in [4.78, 5) is 46.0. The van der Waals surface area contributed by atoms with Gasteiger partial charge in [0, 0.05) is 25.0 Å². The lowest BCUT2D eigenvalue weighted by atomic mass is 10.0. The number of aromatic nitrogens is 1. The van der Waals surface area contributed by atoms with Crippen LogP contribution in [0.2, 0.25) is 0 Å². The molecule has 1 aromatic heterocycles. The molecule has 1 unspecified atom stereocenters. The first-order chi connectivity index (χ1) is 19.8. The van der Waals surface area contributed by atoms with E-state index in [4.69, 9.17) is 14.2 Å². The van der Waals surface area contributed by atoms with Crippen LogP contribution in [0.4, 0.5) is 20.6 Å². The Kier molecular flexibility index (Phi) is 7.68. The quantitative estimate of drug-likeness (QED) is 0.295. The molecule has 3 aromatic carbocycles. The van der Waals surface area contributed by atoms with Gasteiger partial charge in [0.15, 0.2) is 11.5 Å². The van der Waals surface area contributed by atoms with Gasteiger partial charge < -0.3 is 24.4 Å². The first kappa shape index (κ1) is 27.4. The predicted molar refractivity (Wildman–Crippen MR) is 150 cm³/mol. The third kappa shape index (κ3) is 5.33. The van der Waals surface area contributed by atoms with Crippen molar-refractivity contribution in [2.75, 3.05) is 37.5 Å². The second kappa shape index (κ2) is 11.5. The Morgan fingerprint density at radius 3 is 2.37 bits per heavy atom. The highest BCUT2D eigenvalue weighted by atomic mass is 19.1. The van der Waals surface area contributed by atoms with E-state index < -0.39 is 29.6 Å². The first-order valence-corrected chi connectivity index (χ1v) is 12.8. The highest BCUT2D eigenvalue weighted by molar-refractivity contribution is 6.23. The zero-order chi connectivity index (χ0) is 29.1. The molecule has 1 aliphatic heterocycles. The Hall–Kier alpha value is -5.19. The zero-order valence-electron chi connectivity index (χ0n) is 22.6. The van der Waals surface area contributed by atoms with Crippen LogP contribution in [0.5, 0.6) is 23.0 Å². The van der Waals surface area contributed by atoms with E-state index >= 15 is 0 Å². The second-order valence-corrected chi connectivity index (χ2v) is 9.14. The minimum absolute atomic E-state index is 0.0701. The molecule has 1 fully saturated rings. The fraction of sp³-hybridized carbons (Fsp3) is 0.200. The highest BCUT2D eigenvalue weighted by Crippen LogP contribution is 2.41. The largest absolute Gasteiger partial charge is 0.493 e. The summed E-state index contributed by atoms with van der Waals surface area (Å²) in [6.45, 7) is 1.97. The third-order valence-electron chi connectivity index (χ3n) is 6.73. The molecule has 1 N–H and O–H groups in total. The Morgan fingerprint density at radius 2 is 1.71 bits per heavy atom. The number of ether oxygens (including phenoxy) is 3. The van der Waals surface area contributed by atoms with Crippen molar-refractivity contribution in [2.45, 2.75) is 6.92 Å². The third-order valence-corrected chi connectivity index (χ3v) is 6.73. The van der Waals surface area contributed by atoms with Crippen LogP contribution in [0, 0.1) is 11.7 Å². The fourth-order valence-corrected chi connectivity index (χ4v) is 4.63. The van der Waals surface area contributed by atoms with Crippen LogP contribution < -0.4 is 24.4 Å². The number of methoxy groups -OCH3 is 2. The number of fused-ring (bicyclic) bond motifs is 1. The van der Waals surface area contributed by atoms with E-state index in [1.807, 2.05) is 0 Å². The van der Waals surface area contributed by atoms with Crippen LogP contribution in [0.3, 0.4) is 0 Å². The number of amides is 4. The van der Waals surface area contributed by atoms with Gasteiger partial charge in [-0.2, -0.15) is 0 Å². The Bertz CT molecular complexity index is 1610. The Labute approximate surface area is 235 Å². The fourth-order valence-electron chi connectivity index (χ4n) is 4.63. The van der Waals surface area contributed by atoms with E-state index in [1.54, 1.807) is 62.7 Å². The van der Waals surface area contributed by atoms with Crippen LogP contribution in [-0.4, -0.2) is 55.0 Å². The number of rotatable bonds is 8. The van der Waals surface area contributed by atoms with Crippen molar-refractivity contribution in [2.24, 2.45) is 5.92 Å². The number of urea groups is 1. The minimum atomic E-state index is -1.15. The summed E-state index contributed by atoms with van der Waals surface area (Å²) < 4.78 is 30.5. The van der Waals surface area contributed by atoms with E-state index in [9.17, 15) is 18.8 Å². The van der Waals surface area contributed by atoms with E-state index in [2.05, 4.69) is 10.3 Å². The van der Waals surface area contributed by atoms with Gasteiger partial charge >= 0.3 is 6.03 Å². The van der Waals surface area contributed by atoms with Gasteiger partial charge in [0.25, 0.3) is 0 Å². The van der Waals surface area contributed by atoms with Crippen molar-refractivity contribution in [3.05, 3.63) is 78.7 Å². The number of halogens is 1. The number of hydrogen-bond acceptors (Lipinski definition) is 7. The maximum Gasteiger partial charge on any atom is 0.331 e. The number of benzene rings is 3. The molecule has 0 aliphatic carbocycles. The second-order valence-electron chi connectivity index (χ2n) is 9.14. The van der Waals surface area contributed by atoms with Crippen LogP contribution in [-0.2, 0) is 9.59 Å². The SMILES string of the molecule is CCN1CC(C(=O)Nc2ccc(Oc3ccnc4ccc(OC)c(OC)c34)cc2)C(=O)N(c2ccc(F)cc2)C1=O. The molecular weight excluding hydrogens is 531 g/mol. The molecule has 0 radical (unpaired) electrons. The number of nitrogens with one attached hydrogen (secondary N) is 1. The molecular formula is C30H27FN4O6. The number of anilines is 2. The average molecular weight is 559 g/mol. The lowest BCUT2D eigenvalue weighted by molar-refractivity contribution is -0.132. The molecule has 2 heterocycles. The van der Waals surface area contributed by atoms with Crippen molar-refractivity contribution in [1.82, 2.24) is 9.88 Å². The van der Waals surface area contributed by atoms with Crippen molar-refractivity contribution in [1.29, 1.82) is 0 Å². The predicted octanol–water partition coefficient (Wildman–Crippen LogP) is 5.23. The maximum atomic E-state index is 13.4. The molecule has 4 aromatic rings. The average Bonchev–Trinajstić information content (AvgIpc) is 2.98. The smallest absolute Gasteiger partial charge is 0.331 e. The van der Waals surface area contributed by atoms with Gasteiger partial charge in [-0.05, 0) is 73.7 Å². The number of imide groups is 1. The number of hydrogen-bond donors (Lipinski definition) is 1. The standard InChI is InChI=1S/C30H27FN4O6/c1-4-34-17-22(29(37)35(30(34)38)20-9-5-18(31)6-10-20)28(36)33-19-7-11-21(12-8-19)41-24-15-16-32-23-13-14-25(39-2)27(40-3)26(23)24/h5-16,22H,4,17H2,1-3H3,(H,33,36). The molecule has 11 heteroatoms. The van der Waals surface area contributed by atoms with Crippen LogP contribution >= 0.6 is 0 Å². The monoisotopic (exact) mass is 558 g/mol. The van der Waals surface area contributed by atoms with Crippen molar-refractivity contribution < 1.29 is 33.0 Å². The molecule has 10 nitrogen and oxygen atoms in total. The Balaban J connectivity index is 1.34. The van der Waals surface area contributed by atoms with Gasteiger partial charge in [-0.1, -0.05) is 0 Å². The number of pyridine rings is 1. The van der Waals surface area contributed by atoms with E-state index in [-0.39, 0.29) is 12.2 Å². The van der Waals surface area contributed by atoms with Crippen LogP contribution in [0.25, 0.3) is 10.9 Å². The summed E-state index contributed by atoms with van der Waals surface area (Å²) >= 11 is 0. The van der Waals surface area contributed by atoms with Crippen molar-refractivity contribution >= 4 is 40.1 Å². The molecule has 210 valence electrons. The van der Waals surface area contributed by atoms with Crippen molar-refractivity contribution in [3.8, 4) is 23.0 Å². The molecule has 0 bridgehead atoms. The number of nitrogens with zero attached hydrogens (tertiary/aromatic N) is 3. The summed E-state index contributed by atoms with van der Waals surface area (Å²) in [6, 6.07) is 16.3. The molecule has 1 atom stereocenters. The molecule has 1 saturated heterocycles. The van der Waals surface area contributed by atoms with Gasteiger partial charge in [0.2, 0.25) is 11.8 Å². The van der Waals surface area contributed by atoms with Gasteiger partial charge in [-0.3, -0.25) is 14.6 Å². The van der Waals surface area contributed by atoms with Crippen LogP contribution in [0.1, 0.15) is 6.92 Å². The Morgan fingerprint density at radius 1 is 0.976 bits per heavy atom. The van der Waals surface area contributed by atoms with E-state index in [0.717, 1.165) is 17.0 Å². The summed E-state index contributed by atoms with van der Waals surface area (Å²) in [5, 5.41) is 3.39. The summed E-state index contributed by atoms with van der Waals surface area (Å²) in [5.41, 5.74) is 1.29. The van der Waals surface area contributed by atoms with Crippen LogP contribution in [0.15, 0.2) is 72.9 Å². The number of carbonyl (C=O) groups excluding carboxylic acids is 3. The lowest BCUT2D eigenvalue weighted by Gasteiger charge is -2.37. The van der Waals surface area contributed by atoms with E-state index in [0.29, 0.717) is 46.1 Å². The normalized spacial score (nSPS) is 15.2. The molecule has 4 amide bonds. The zero-order valence-corrected chi connectivity index (χ0v) is 22.6. The minimum Gasteiger partial charge on any atom is -0.493 e. The molecule has 5 rings (SSSR count). The van der Waals surface area contributed by atoms with Gasteiger partial charge in [0.1, 0.15) is 23.2 Å². The molecule has 0 saturated carbocycles. The number of carbonyl (C=O) groups is 3. The van der Waals surface area contributed by atoms with Gasteiger partial charge in [0.05, 0.1) is 30.8 Å². The highest BCUT2D eigenvalue weighted by Gasteiger charge is 2.43. The van der Waals surface area contributed by atoms with Gasteiger partial charge in [-0.15, -0.1) is 0 Å². The first-order valence-electron chi connectivity index (χ1n) is 12.8. The van der Waals surface area contributed by atoms with E-state index in [1.165, 1.54) is 24.1 Å². The van der Waals surface area contributed by atoms with Gasteiger partial charge in [-0.25, -0.2) is 14.1 Å². The maximum absolute atomic E-state index is 13.4. The van der Waals surface area contributed by atoms with Crippen molar-refractivity contribution in [3.63, 3.8) is 0 Å². The molecule has 1 aliphatic rings. The summed E-state index contributed by atoms with van der Waals surface area (Å²) in [5.74, 6) is -0.899. The molecule has 41 heavy (non-hydrogen) atoms. The molecule has 0 spiro atoms. The summed E-state index contributed by atoms with van der Waals surface area (Å²) in [6.07, 6.45) is 1.62. The summed E-state index contributed by atoms with van der Waals surface area (Å²) in [7, 11) is 3.09. The lowest BCUT2D eigenvalue weighted by Crippen LogP contribution is -2.59. The topological polar surface area (TPSA) is 110 Å².